The summed E-state index contributed by atoms with van der Waals surface area (Å²) in [5.74, 6) is 7.37. The van der Waals surface area contributed by atoms with Crippen LogP contribution in [0.15, 0.2) is 53.6 Å². The molecule has 1 aliphatic heterocycles. The average Bonchev–Trinajstić information content (AvgIpc) is 3.50. The van der Waals surface area contributed by atoms with E-state index in [2.05, 4.69) is 43.4 Å². The highest BCUT2D eigenvalue weighted by Crippen LogP contribution is 2.32. The van der Waals surface area contributed by atoms with Gasteiger partial charge >= 0.3 is 0 Å². The molecule has 1 aromatic carbocycles. The number of hydrogen-bond donors (Lipinski definition) is 3. The summed E-state index contributed by atoms with van der Waals surface area (Å²) in [5, 5.41) is 7.45. The number of nitrogens with two attached hydrogens (primary N) is 1. The van der Waals surface area contributed by atoms with Crippen LogP contribution in [0.5, 0.6) is 0 Å². The van der Waals surface area contributed by atoms with Gasteiger partial charge in [0.25, 0.3) is 5.56 Å². The summed E-state index contributed by atoms with van der Waals surface area (Å²) < 4.78 is 1.85. The molecule has 3 aromatic heterocycles. The average molecular weight is 535 g/mol. The molecule has 2 aliphatic rings. The number of nitrogens with one attached hydrogen (secondary N) is 2. The molecular formula is C31H34N8O. The zero-order chi connectivity index (χ0) is 27.5. The van der Waals surface area contributed by atoms with Crippen molar-refractivity contribution in [3.8, 4) is 11.8 Å². The molecule has 1 saturated heterocycles. The van der Waals surface area contributed by atoms with E-state index < -0.39 is 0 Å². The number of anilines is 3. The van der Waals surface area contributed by atoms with Crippen molar-refractivity contribution in [1.82, 2.24) is 29.7 Å². The first kappa shape index (κ1) is 26.0. The number of rotatable bonds is 5. The van der Waals surface area contributed by atoms with E-state index in [1.165, 1.54) is 5.56 Å². The lowest BCUT2D eigenvalue weighted by atomic mass is 10.1. The van der Waals surface area contributed by atoms with Gasteiger partial charge in [0.15, 0.2) is 0 Å². The van der Waals surface area contributed by atoms with Crippen LogP contribution in [-0.4, -0.2) is 50.6 Å². The van der Waals surface area contributed by atoms with E-state index >= 15 is 0 Å². The van der Waals surface area contributed by atoms with Gasteiger partial charge in [0.05, 0.1) is 5.56 Å². The number of fused-ring (bicyclic) bond motifs is 1. The van der Waals surface area contributed by atoms with E-state index in [1.807, 2.05) is 48.0 Å². The maximum atomic E-state index is 13.9. The largest absolute Gasteiger partial charge is 0.399 e. The molecule has 4 aromatic rings. The molecule has 9 heteroatoms. The van der Waals surface area contributed by atoms with Gasteiger partial charge < -0.3 is 16.4 Å². The van der Waals surface area contributed by atoms with E-state index in [4.69, 9.17) is 10.7 Å². The number of benzene rings is 1. The molecule has 204 valence electrons. The Labute approximate surface area is 233 Å². The second-order valence-corrected chi connectivity index (χ2v) is 10.6. The number of nitrogen functional groups attached to an aromatic ring is 1. The van der Waals surface area contributed by atoms with Crippen LogP contribution in [0.1, 0.15) is 54.0 Å². The summed E-state index contributed by atoms with van der Waals surface area (Å²) in [4.78, 5) is 30.3. The number of aryl methyl sites for hydroxylation is 1. The number of hydrogen-bond acceptors (Lipinski definition) is 8. The summed E-state index contributed by atoms with van der Waals surface area (Å²) in [7, 11) is 0. The highest BCUT2D eigenvalue weighted by molar-refractivity contribution is 5.82. The predicted octanol–water partition coefficient (Wildman–Crippen LogP) is 3.74. The number of nitrogens with zero attached hydrogens (tertiary/aromatic N) is 5. The Hall–Kier alpha value is -4.26. The minimum atomic E-state index is -0.0973. The summed E-state index contributed by atoms with van der Waals surface area (Å²) in [6.07, 6.45) is 7.78. The van der Waals surface area contributed by atoms with Gasteiger partial charge in [-0.2, -0.15) is 4.98 Å². The van der Waals surface area contributed by atoms with E-state index in [0.29, 0.717) is 28.7 Å². The molecule has 4 N–H and O–H groups in total. The topological polar surface area (TPSA) is 114 Å². The van der Waals surface area contributed by atoms with Crippen LogP contribution in [0, 0.1) is 18.8 Å². The molecule has 4 heterocycles. The van der Waals surface area contributed by atoms with Crippen LogP contribution in [0.25, 0.3) is 11.0 Å². The van der Waals surface area contributed by atoms with E-state index in [0.717, 1.165) is 74.9 Å². The van der Waals surface area contributed by atoms with Crippen molar-refractivity contribution in [1.29, 1.82) is 0 Å². The highest BCUT2D eigenvalue weighted by atomic mass is 16.1. The number of pyridine rings is 2. The normalized spacial score (nSPS) is 16.1. The van der Waals surface area contributed by atoms with Crippen molar-refractivity contribution in [3.05, 3.63) is 81.4 Å². The first-order valence-corrected chi connectivity index (χ1v) is 14.0. The Morgan fingerprint density at radius 1 is 1.02 bits per heavy atom. The molecule has 0 amide bonds. The summed E-state index contributed by atoms with van der Waals surface area (Å²) in [5.41, 5.74) is 10.3. The second kappa shape index (κ2) is 11.5. The molecule has 40 heavy (non-hydrogen) atoms. The maximum Gasteiger partial charge on any atom is 0.268 e. The fourth-order valence-corrected chi connectivity index (χ4v) is 5.58. The first-order chi connectivity index (χ1) is 19.5. The smallest absolute Gasteiger partial charge is 0.268 e. The van der Waals surface area contributed by atoms with Gasteiger partial charge in [0, 0.05) is 67.8 Å². The Bertz CT molecular complexity index is 1620. The van der Waals surface area contributed by atoms with Crippen LogP contribution < -0.4 is 21.9 Å². The van der Waals surface area contributed by atoms with Crippen LogP contribution in [0.4, 0.5) is 17.5 Å². The Morgan fingerprint density at radius 2 is 1.80 bits per heavy atom. The van der Waals surface area contributed by atoms with Crippen molar-refractivity contribution in [2.75, 3.05) is 37.2 Å². The van der Waals surface area contributed by atoms with Gasteiger partial charge in [-0.1, -0.05) is 30.7 Å². The fourth-order valence-electron chi connectivity index (χ4n) is 5.58. The van der Waals surface area contributed by atoms with Crippen molar-refractivity contribution in [2.45, 2.75) is 45.2 Å². The third kappa shape index (κ3) is 5.55. The quantitative estimate of drug-likeness (QED) is 0.262. The van der Waals surface area contributed by atoms with Crippen molar-refractivity contribution >= 4 is 28.5 Å². The van der Waals surface area contributed by atoms with Gasteiger partial charge in [0.2, 0.25) is 5.95 Å². The summed E-state index contributed by atoms with van der Waals surface area (Å²) in [6.45, 7) is 6.94. The molecule has 2 fully saturated rings. The SMILES string of the molecule is Cc1c(C#Cc2ccc(N)cc2)c(=O)n(C2CCCC2)c2nc(Nc3ccc(CN4CCNCC4)cn3)ncc12. The number of aromatic nitrogens is 4. The van der Waals surface area contributed by atoms with Gasteiger partial charge in [-0.25, -0.2) is 9.97 Å². The van der Waals surface area contributed by atoms with Crippen molar-refractivity contribution in [3.63, 3.8) is 0 Å². The van der Waals surface area contributed by atoms with Gasteiger partial charge in [-0.05, 0) is 61.2 Å². The fraction of sp³-hybridized carbons (Fsp3) is 0.355. The van der Waals surface area contributed by atoms with E-state index in [1.54, 1.807) is 6.20 Å². The zero-order valence-corrected chi connectivity index (χ0v) is 22.8. The summed E-state index contributed by atoms with van der Waals surface area (Å²) in [6, 6.07) is 11.5. The maximum absolute atomic E-state index is 13.9. The van der Waals surface area contributed by atoms with Gasteiger partial charge in [0.1, 0.15) is 11.5 Å². The molecule has 0 bridgehead atoms. The molecule has 0 unspecified atom stereocenters. The van der Waals surface area contributed by atoms with Crippen LogP contribution in [0.2, 0.25) is 0 Å². The van der Waals surface area contributed by atoms with Crippen LogP contribution in [-0.2, 0) is 6.54 Å². The van der Waals surface area contributed by atoms with Gasteiger partial charge in [-0.3, -0.25) is 14.3 Å². The molecule has 1 saturated carbocycles. The number of piperazine rings is 1. The molecular weight excluding hydrogens is 500 g/mol. The van der Waals surface area contributed by atoms with Gasteiger partial charge in [-0.15, -0.1) is 0 Å². The van der Waals surface area contributed by atoms with E-state index in [-0.39, 0.29) is 11.6 Å². The lowest BCUT2D eigenvalue weighted by Crippen LogP contribution is -2.42. The Morgan fingerprint density at radius 3 is 2.52 bits per heavy atom. The third-order valence-corrected chi connectivity index (χ3v) is 7.82. The third-order valence-electron chi connectivity index (χ3n) is 7.82. The second-order valence-electron chi connectivity index (χ2n) is 10.6. The summed E-state index contributed by atoms with van der Waals surface area (Å²) >= 11 is 0. The minimum absolute atomic E-state index is 0.0952. The Kier molecular flexibility index (Phi) is 7.45. The standard InChI is InChI=1S/C31H34N8O/c1-21-26(12-8-22-6-10-24(32)11-7-22)30(40)39(25-4-2-3-5-25)29-27(21)19-35-31(37-29)36-28-13-9-23(18-34-28)20-38-16-14-33-15-17-38/h6-7,9-11,13,18-19,25,33H,2-5,14-17,20,32H2,1H3,(H,34,35,36,37). The molecule has 0 radical (unpaired) electrons. The monoisotopic (exact) mass is 534 g/mol. The molecule has 1 aliphatic carbocycles. The Balaban J connectivity index is 1.32. The lowest BCUT2D eigenvalue weighted by Gasteiger charge is -2.27. The zero-order valence-electron chi connectivity index (χ0n) is 22.8. The van der Waals surface area contributed by atoms with Crippen LogP contribution >= 0.6 is 0 Å². The van der Waals surface area contributed by atoms with Crippen molar-refractivity contribution in [2.24, 2.45) is 0 Å². The predicted molar refractivity (Wildman–Crippen MR) is 159 cm³/mol. The highest BCUT2D eigenvalue weighted by Gasteiger charge is 2.24. The van der Waals surface area contributed by atoms with Crippen LogP contribution in [0.3, 0.4) is 0 Å². The molecule has 9 nitrogen and oxygen atoms in total. The molecule has 6 rings (SSSR count). The van der Waals surface area contributed by atoms with Crippen molar-refractivity contribution < 1.29 is 0 Å². The first-order valence-electron chi connectivity index (χ1n) is 14.0. The van der Waals surface area contributed by atoms with E-state index in [9.17, 15) is 4.79 Å². The lowest BCUT2D eigenvalue weighted by molar-refractivity contribution is 0.233. The molecule has 0 atom stereocenters. The minimum Gasteiger partial charge on any atom is -0.399 e. The molecule has 0 spiro atoms.